The van der Waals surface area contributed by atoms with Crippen LogP contribution in [0.1, 0.15) is 0 Å². The number of alkyl halides is 12. The van der Waals surface area contributed by atoms with Crippen molar-refractivity contribution in [2.75, 3.05) is 0 Å². The fourth-order valence-corrected chi connectivity index (χ4v) is 3.16. The average Bonchev–Trinajstić information content (AvgIpc) is 2.62. The van der Waals surface area contributed by atoms with E-state index in [1.54, 1.807) is 0 Å². The van der Waals surface area contributed by atoms with Crippen LogP contribution < -0.4 is 0 Å². The molecule has 0 aromatic carbocycles. The lowest BCUT2D eigenvalue weighted by molar-refractivity contribution is -0.0660. The molecule has 1 atom stereocenters. The van der Waals surface area contributed by atoms with E-state index >= 15 is 0 Å². The molecule has 0 aliphatic heterocycles. The molecule has 0 saturated carbocycles. The van der Waals surface area contributed by atoms with Gasteiger partial charge in [0.25, 0.3) is 9.46 Å². The van der Waals surface area contributed by atoms with Gasteiger partial charge >= 0.3 is 17.8 Å². The van der Waals surface area contributed by atoms with Crippen LogP contribution in [0, 0.1) is 0 Å². The summed E-state index contributed by atoms with van der Waals surface area (Å²) in [6, 6.07) is 0. The van der Waals surface area contributed by atoms with Crippen molar-refractivity contribution in [1.29, 1.82) is 0 Å². The van der Waals surface area contributed by atoms with Gasteiger partial charge in [0.2, 0.25) is 10.2 Å². The predicted molar refractivity (Wildman–Crippen MR) is 81.4 cm³/mol. The molecule has 2 aliphatic rings. The monoisotopic (exact) mass is 536 g/mol. The lowest BCUT2D eigenvalue weighted by Gasteiger charge is -2.27. The number of hydrogen-bond donors (Lipinski definition) is 0. The molecule has 0 aromatic heterocycles. The van der Waals surface area contributed by atoms with Crippen molar-refractivity contribution in [3.63, 3.8) is 0 Å². The van der Waals surface area contributed by atoms with Gasteiger partial charge in [-0.1, -0.05) is 81.2 Å². The summed E-state index contributed by atoms with van der Waals surface area (Å²) < 4.78 is 107. The Morgan fingerprint density at radius 3 is 0.923 bits per heavy atom. The summed E-state index contributed by atoms with van der Waals surface area (Å²) in [5, 5.41) is -7.27. The Bertz CT molecular complexity index is 570. The maximum Gasteiger partial charge on any atom is 0.352 e. The molecular weight excluding hydrogens is 539 g/mol. The van der Waals surface area contributed by atoms with E-state index in [4.69, 9.17) is 69.6 Å². The molecule has 0 amide bonds. The maximum atomic E-state index is 12.9. The second-order valence-corrected chi connectivity index (χ2v) is 8.63. The third-order valence-electron chi connectivity index (χ3n) is 3.07. The highest BCUT2D eigenvalue weighted by Crippen LogP contribution is 2.64. The van der Waals surface area contributed by atoms with Gasteiger partial charge < -0.3 is 0 Å². The molecule has 16 heteroatoms. The van der Waals surface area contributed by atoms with Crippen LogP contribution in [-0.2, 0) is 0 Å². The fraction of sp³-hybridized carbons (Fsp3) is 0.600. The second kappa shape index (κ2) is 6.71. The summed E-state index contributed by atoms with van der Waals surface area (Å²) in [5.74, 6) is -18.4. The zero-order valence-corrected chi connectivity index (χ0v) is 16.3. The summed E-state index contributed by atoms with van der Waals surface area (Å²) >= 11 is 33.5. The van der Waals surface area contributed by atoms with Crippen LogP contribution in [-0.4, -0.2) is 31.6 Å². The quantitative estimate of drug-likeness (QED) is 0.216. The Morgan fingerprint density at radius 1 is 0.538 bits per heavy atom. The third kappa shape index (κ3) is 2.99. The average molecular weight is 539 g/mol. The smallest absolute Gasteiger partial charge is 0.215 e. The molecule has 2 aliphatic carbocycles. The van der Waals surface area contributed by atoms with Crippen molar-refractivity contribution in [1.82, 2.24) is 0 Å². The van der Waals surface area contributed by atoms with E-state index in [-0.39, 0.29) is 0 Å². The van der Waals surface area contributed by atoms with Crippen molar-refractivity contribution >= 4 is 81.2 Å². The fourth-order valence-electron chi connectivity index (χ4n) is 1.50. The zero-order valence-electron chi connectivity index (χ0n) is 11.0. The first kappa shape index (κ1) is 24.9. The minimum absolute atomic E-state index is 1.52. The molecule has 0 spiro atoms. The van der Waals surface area contributed by atoms with Gasteiger partial charge in [0.05, 0.1) is 0 Å². The lowest BCUT2D eigenvalue weighted by Crippen LogP contribution is -2.46. The van der Waals surface area contributed by atoms with Crippen LogP contribution in [0.15, 0.2) is 21.7 Å². The van der Waals surface area contributed by atoms with Crippen molar-refractivity contribution in [3.8, 4) is 0 Å². The van der Waals surface area contributed by atoms with Gasteiger partial charge in [0.15, 0.2) is 5.83 Å². The number of hydrogen-bond acceptors (Lipinski definition) is 0. The van der Waals surface area contributed by atoms with E-state index in [1.807, 2.05) is 0 Å². The highest BCUT2D eigenvalue weighted by molar-refractivity contribution is 6.56. The van der Waals surface area contributed by atoms with E-state index in [1.165, 1.54) is 0 Å². The Hall–Kier alpha value is 0.880. The molecular formula is C10Cl7F9. The molecule has 0 N–H and O–H groups in total. The summed E-state index contributed by atoms with van der Waals surface area (Å²) in [6.45, 7) is 0. The van der Waals surface area contributed by atoms with Crippen molar-refractivity contribution < 1.29 is 39.5 Å². The van der Waals surface area contributed by atoms with Crippen LogP contribution >= 0.6 is 81.2 Å². The van der Waals surface area contributed by atoms with E-state index in [2.05, 4.69) is 11.6 Å². The van der Waals surface area contributed by atoms with E-state index in [0.717, 1.165) is 0 Å². The van der Waals surface area contributed by atoms with Gasteiger partial charge in [-0.3, -0.25) is 0 Å². The Balaban J connectivity index is 0.000000260. The Kier molecular flexibility index (Phi) is 6.43. The molecule has 0 radical (unpaired) electrons. The molecule has 26 heavy (non-hydrogen) atoms. The van der Waals surface area contributed by atoms with Gasteiger partial charge in [0.1, 0.15) is 10.1 Å². The summed E-state index contributed by atoms with van der Waals surface area (Å²) in [4.78, 5) is 0. The topological polar surface area (TPSA) is 0 Å². The largest absolute Gasteiger partial charge is 0.352 e. The molecule has 0 aromatic rings. The van der Waals surface area contributed by atoms with Gasteiger partial charge in [-0.2, -0.15) is 26.3 Å². The molecule has 0 fully saturated rings. The maximum absolute atomic E-state index is 12.9. The summed E-state index contributed by atoms with van der Waals surface area (Å²) in [6.07, 6.45) is 0. The van der Waals surface area contributed by atoms with Gasteiger partial charge in [-0.05, 0) is 0 Å². The van der Waals surface area contributed by atoms with Crippen molar-refractivity contribution in [3.05, 3.63) is 21.7 Å². The van der Waals surface area contributed by atoms with Crippen molar-refractivity contribution in [2.24, 2.45) is 0 Å². The summed E-state index contributed by atoms with van der Waals surface area (Å²) in [5.41, 5.74) is 0. The molecule has 2 rings (SSSR count). The SMILES string of the molecule is FC1(F)C(Cl)=C(Cl)C(F)(F)C1(Cl)Cl.FC1=C(F)C(Cl)(Cl)C(F)(Cl)C1(F)F. The standard InChI is InChI=1S/C5Cl4F4.C5Cl3F5/c6-1-2(7)4(12,13)5(8,9)3(1,10)11;6-3(7)1(9)2(10)4(11,12)5(3,8)13. The molecule has 0 saturated heterocycles. The van der Waals surface area contributed by atoms with Gasteiger partial charge in [0, 0.05) is 0 Å². The van der Waals surface area contributed by atoms with Crippen LogP contribution in [0.3, 0.4) is 0 Å². The highest BCUT2D eigenvalue weighted by atomic mass is 35.5. The summed E-state index contributed by atoms with van der Waals surface area (Å²) in [7, 11) is 0. The van der Waals surface area contributed by atoms with E-state index in [9.17, 15) is 39.5 Å². The minimum Gasteiger partial charge on any atom is -0.215 e. The predicted octanol–water partition coefficient (Wildman–Crippen LogP) is 8.00. The molecule has 0 nitrogen and oxygen atoms in total. The van der Waals surface area contributed by atoms with E-state index in [0.29, 0.717) is 0 Å². The van der Waals surface area contributed by atoms with Crippen LogP contribution in [0.2, 0.25) is 0 Å². The zero-order chi connectivity index (χ0) is 21.3. The first-order valence-corrected chi connectivity index (χ1v) is 8.17. The number of rotatable bonds is 0. The second-order valence-electron chi connectivity index (χ2n) is 4.70. The Labute approximate surface area is 173 Å². The third-order valence-corrected chi connectivity index (χ3v) is 6.53. The molecule has 152 valence electrons. The van der Waals surface area contributed by atoms with Crippen LogP contribution in [0.25, 0.3) is 0 Å². The molecule has 0 heterocycles. The first-order valence-electron chi connectivity index (χ1n) is 5.52. The minimum atomic E-state index is -4.87. The number of halogens is 16. The molecule has 0 bridgehead atoms. The van der Waals surface area contributed by atoms with Crippen LogP contribution in [0.5, 0.6) is 0 Å². The van der Waals surface area contributed by atoms with Crippen molar-refractivity contribution in [2.45, 2.75) is 31.6 Å². The first-order chi connectivity index (χ1) is 11.1. The van der Waals surface area contributed by atoms with Crippen LogP contribution in [0.4, 0.5) is 39.5 Å². The lowest BCUT2D eigenvalue weighted by atomic mass is 10.2. The normalized spacial score (nSPS) is 33.2. The van der Waals surface area contributed by atoms with Gasteiger partial charge in [-0.15, -0.1) is 0 Å². The highest BCUT2D eigenvalue weighted by Gasteiger charge is 2.77. The molecule has 1 unspecified atom stereocenters. The van der Waals surface area contributed by atoms with Gasteiger partial charge in [-0.25, -0.2) is 13.2 Å². The number of allylic oxidation sites excluding steroid dienone is 4. The Morgan fingerprint density at radius 2 is 0.846 bits per heavy atom. The van der Waals surface area contributed by atoms with E-state index < -0.39 is 53.3 Å².